The molecule has 0 radical (unpaired) electrons. The van der Waals surface area contributed by atoms with E-state index < -0.39 is 0 Å². The van der Waals surface area contributed by atoms with Gasteiger partial charge in [0.1, 0.15) is 0 Å². The molecule has 1 nitrogen and oxygen atoms in total. The molecule has 2 saturated carbocycles. The maximum absolute atomic E-state index is 6.06. The third kappa shape index (κ3) is 6.40. The molecule has 2 aliphatic carbocycles. The SMILES string of the molecule is CCCCCC1CCC(C2CCC(OCCCC)CC2)C(C)C1. The Kier molecular flexibility index (Phi) is 9.01. The van der Waals surface area contributed by atoms with Crippen LogP contribution in [0, 0.1) is 23.7 Å². The minimum absolute atomic E-state index is 0.582. The molecule has 2 rings (SSSR count). The van der Waals surface area contributed by atoms with E-state index in [0.29, 0.717) is 6.10 Å². The van der Waals surface area contributed by atoms with Crippen molar-refractivity contribution in [2.24, 2.45) is 23.7 Å². The molecule has 0 bridgehead atoms. The molecule has 0 spiro atoms. The molecular weight excluding hydrogens is 280 g/mol. The third-order valence-electron chi connectivity index (χ3n) is 6.74. The van der Waals surface area contributed by atoms with Crippen molar-refractivity contribution in [1.29, 1.82) is 0 Å². The van der Waals surface area contributed by atoms with Gasteiger partial charge in [-0.2, -0.15) is 0 Å². The van der Waals surface area contributed by atoms with Crippen molar-refractivity contribution in [1.82, 2.24) is 0 Å². The zero-order chi connectivity index (χ0) is 16.5. The smallest absolute Gasteiger partial charge is 0.0575 e. The normalized spacial score (nSPS) is 35.3. The maximum Gasteiger partial charge on any atom is 0.0575 e. The summed E-state index contributed by atoms with van der Waals surface area (Å²) >= 11 is 0. The highest BCUT2D eigenvalue weighted by Gasteiger charge is 2.34. The largest absolute Gasteiger partial charge is 0.378 e. The second kappa shape index (κ2) is 10.7. The van der Waals surface area contributed by atoms with Crippen molar-refractivity contribution >= 4 is 0 Å². The highest BCUT2D eigenvalue weighted by molar-refractivity contribution is 4.85. The average molecular weight is 323 g/mol. The fourth-order valence-electron chi connectivity index (χ4n) is 5.25. The Morgan fingerprint density at radius 3 is 2.22 bits per heavy atom. The predicted molar refractivity (Wildman–Crippen MR) is 101 cm³/mol. The van der Waals surface area contributed by atoms with E-state index in [1.165, 1.54) is 83.5 Å². The van der Waals surface area contributed by atoms with E-state index in [2.05, 4.69) is 20.8 Å². The van der Waals surface area contributed by atoms with E-state index in [-0.39, 0.29) is 0 Å². The molecule has 3 atom stereocenters. The van der Waals surface area contributed by atoms with E-state index in [9.17, 15) is 0 Å². The van der Waals surface area contributed by atoms with Crippen LogP contribution in [0.5, 0.6) is 0 Å². The van der Waals surface area contributed by atoms with Crippen LogP contribution in [-0.2, 0) is 4.74 Å². The van der Waals surface area contributed by atoms with Crippen molar-refractivity contribution in [2.75, 3.05) is 6.61 Å². The van der Waals surface area contributed by atoms with E-state index in [1.807, 2.05) is 0 Å². The van der Waals surface area contributed by atoms with Crippen molar-refractivity contribution in [3.63, 3.8) is 0 Å². The first kappa shape index (κ1) is 19.3. The van der Waals surface area contributed by atoms with Gasteiger partial charge >= 0.3 is 0 Å². The molecule has 0 amide bonds. The van der Waals surface area contributed by atoms with Gasteiger partial charge in [-0.3, -0.25) is 0 Å². The van der Waals surface area contributed by atoms with Gasteiger partial charge in [-0.25, -0.2) is 0 Å². The van der Waals surface area contributed by atoms with Crippen LogP contribution in [0.1, 0.15) is 104 Å². The Morgan fingerprint density at radius 1 is 0.826 bits per heavy atom. The van der Waals surface area contributed by atoms with E-state index in [0.717, 1.165) is 30.3 Å². The molecule has 0 saturated heterocycles. The van der Waals surface area contributed by atoms with Crippen LogP contribution in [0.25, 0.3) is 0 Å². The second-order valence-electron chi connectivity index (χ2n) is 8.58. The molecule has 0 N–H and O–H groups in total. The summed E-state index contributed by atoms with van der Waals surface area (Å²) < 4.78 is 6.06. The minimum Gasteiger partial charge on any atom is -0.378 e. The molecule has 136 valence electrons. The third-order valence-corrected chi connectivity index (χ3v) is 6.74. The minimum atomic E-state index is 0.582. The lowest BCUT2D eigenvalue weighted by atomic mass is 9.65. The summed E-state index contributed by atoms with van der Waals surface area (Å²) in [5, 5.41) is 0. The van der Waals surface area contributed by atoms with Gasteiger partial charge in [0, 0.05) is 6.61 Å². The monoisotopic (exact) mass is 322 g/mol. The van der Waals surface area contributed by atoms with Crippen molar-refractivity contribution in [3.8, 4) is 0 Å². The quantitative estimate of drug-likeness (QED) is 0.415. The topological polar surface area (TPSA) is 9.23 Å². The number of ether oxygens (including phenoxy) is 1. The van der Waals surface area contributed by atoms with Crippen molar-refractivity contribution < 1.29 is 4.74 Å². The van der Waals surface area contributed by atoms with Crippen LogP contribution < -0.4 is 0 Å². The molecule has 1 heteroatoms. The summed E-state index contributed by atoms with van der Waals surface area (Å²) in [6.45, 7) is 8.12. The molecule has 23 heavy (non-hydrogen) atoms. The second-order valence-corrected chi connectivity index (χ2v) is 8.58. The van der Waals surface area contributed by atoms with Crippen LogP contribution in [0.15, 0.2) is 0 Å². The summed E-state index contributed by atoms with van der Waals surface area (Å²) in [5.41, 5.74) is 0. The number of hydrogen-bond donors (Lipinski definition) is 0. The number of rotatable bonds is 9. The summed E-state index contributed by atoms with van der Waals surface area (Å²) in [4.78, 5) is 0. The van der Waals surface area contributed by atoms with Gasteiger partial charge in [0.05, 0.1) is 6.10 Å². The van der Waals surface area contributed by atoms with Gasteiger partial charge in [0.25, 0.3) is 0 Å². The van der Waals surface area contributed by atoms with Gasteiger partial charge in [0.2, 0.25) is 0 Å². The Balaban J connectivity index is 1.66. The Morgan fingerprint density at radius 2 is 1.57 bits per heavy atom. The van der Waals surface area contributed by atoms with Crippen LogP contribution in [-0.4, -0.2) is 12.7 Å². The molecule has 0 aliphatic heterocycles. The molecule has 2 fully saturated rings. The summed E-state index contributed by atoms with van der Waals surface area (Å²) in [6.07, 6.45) is 18.9. The fraction of sp³-hybridized carbons (Fsp3) is 1.00. The summed E-state index contributed by atoms with van der Waals surface area (Å²) in [6, 6.07) is 0. The lowest BCUT2D eigenvalue weighted by Gasteiger charge is -2.41. The van der Waals surface area contributed by atoms with Crippen LogP contribution in [0.2, 0.25) is 0 Å². The molecule has 3 unspecified atom stereocenters. The molecule has 0 aromatic heterocycles. The van der Waals surface area contributed by atoms with Gasteiger partial charge < -0.3 is 4.74 Å². The van der Waals surface area contributed by atoms with Crippen LogP contribution in [0.3, 0.4) is 0 Å². The predicted octanol–water partition coefficient (Wildman–Crippen LogP) is 6.99. The maximum atomic E-state index is 6.06. The van der Waals surface area contributed by atoms with Gasteiger partial charge in [-0.15, -0.1) is 0 Å². The molecule has 0 aromatic carbocycles. The summed E-state index contributed by atoms with van der Waals surface area (Å²) in [5.74, 6) is 4.04. The first-order valence-electron chi connectivity index (χ1n) is 10.9. The first-order valence-corrected chi connectivity index (χ1v) is 10.9. The van der Waals surface area contributed by atoms with E-state index >= 15 is 0 Å². The first-order chi connectivity index (χ1) is 11.2. The number of unbranched alkanes of at least 4 members (excludes halogenated alkanes) is 3. The Labute approximate surface area is 146 Å². The van der Waals surface area contributed by atoms with Gasteiger partial charge in [-0.1, -0.05) is 59.3 Å². The van der Waals surface area contributed by atoms with E-state index in [1.54, 1.807) is 0 Å². The Hall–Kier alpha value is -0.0400. The highest BCUT2D eigenvalue weighted by atomic mass is 16.5. The lowest BCUT2D eigenvalue weighted by Crippen LogP contribution is -2.33. The zero-order valence-corrected chi connectivity index (χ0v) is 16.2. The standard InChI is InChI=1S/C22H42O/c1-4-6-8-9-19-10-15-22(18(3)17-19)20-11-13-21(14-12-20)23-16-7-5-2/h18-22H,4-17H2,1-3H3. The average Bonchev–Trinajstić information content (AvgIpc) is 2.56. The lowest BCUT2D eigenvalue weighted by molar-refractivity contribution is -0.000830. The highest BCUT2D eigenvalue weighted by Crippen LogP contribution is 2.44. The molecule has 0 heterocycles. The number of hydrogen-bond acceptors (Lipinski definition) is 1. The summed E-state index contributed by atoms with van der Waals surface area (Å²) in [7, 11) is 0. The van der Waals surface area contributed by atoms with E-state index in [4.69, 9.17) is 4.74 Å². The molecule has 0 aromatic rings. The zero-order valence-electron chi connectivity index (χ0n) is 16.2. The van der Waals surface area contributed by atoms with Gasteiger partial charge in [0.15, 0.2) is 0 Å². The van der Waals surface area contributed by atoms with Crippen molar-refractivity contribution in [2.45, 2.75) is 110 Å². The fourth-order valence-corrected chi connectivity index (χ4v) is 5.25. The molecule has 2 aliphatic rings. The van der Waals surface area contributed by atoms with Gasteiger partial charge in [-0.05, 0) is 68.6 Å². The van der Waals surface area contributed by atoms with Crippen molar-refractivity contribution in [3.05, 3.63) is 0 Å². The Bertz CT molecular complexity index is 292. The molecular formula is C22H42O. The van der Waals surface area contributed by atoms with Crippen LogP contribution >= 0.6 is 0 Å². The van der Waals surface area contributed by atoms with Crippen LogP contribution in [0.4, 0.5) is 0 Å².